The van der Waals surface area contributed by atoms with Crippen molar-refractivity contribution in [1.29, 1.82) is 0 Å². The van der Waals surface area contributed by atoms with E-state index in [1.165, 1.54) is 18.2 Å². The molecule has 0 heterocycles. The summed E-state index contributed by atoms with van der Waals surface area (Å²) in [6, 6.07) is 11.5. The number of carboxylic acid groups (broad SMARTS) is 1. The van der Waals surface area contributed by atoms with Crippen molar-refractivity contribution < 1.29 is 9.90 Å². The number of nitrogens with zero attached hydrogens (tertiary/aromatic N) is 1. The average Bonchev–Trinajstić information content (AvgIpc) is 2.45. The number of rotatable bonds is 4. The van der Waals surface area contributed by atoms with Gasteiger partial charge in [-0.25, -0.2) is 0 Å². The number of halogens is 1. The van der Waals surface area contributed by atoms with Gasteiger partial charge in [0.15, 0.2) is 0 Å². The number of carbonyl (C=O) groups excluding carboxylic acids is 1. The summed E-state index contributed by atoms with van der Waals surface area (Å²) >= 11 is 5.99. The summed E-state index contributed by atoms with van der Waals surface area (Å²) in [6.45, 7) is 1.80. The molecular weight excluding hydrogens is 290 g/mol. The fraction of sp³-hybridized carbons (Fsp3) is 0.0667. The predicted octanol–water partition coefficient (Wildman–Crippen LogP) is 2.12. The lowest BCUT2D eigenvalue weighted by molar-refractivity contribution is -0.255. The summed E-state index contributed by atoms with van der Waals surface area (Å²) in [7, 11) is 0. The van der Waals surface area contributed by atoms with E-state index in [-0.39, 0.29) is 5.56 Å². The largest absolute Gasteiger partial charge is 0.545 e. The van der Waals surface area contributed by atoms with Crippen molar-refractivity contribution in [3.8, 4) is 0 Å². The van der Waals surface area contributed by atoms with E-state index >= 15 is 0 Å². The Balaban J connectivity index is 2.24. The second-order valence-corrected chi connectivity index (χ2v) is 4.82. The molecule has 0 aliphatic rings. The molecule has 0 aliphatic heterocycles. The van der Waals surface area contributed by atoms with Crippen LogP contribution in [0.3, 0.4) is 0 Å². The Kier molecular flexibility index (Phi) is 4.45. The zero-order chi connectivity index (χ0) is 15.4. The van der Waals surface area contributed by atoms with Gasteiger partial charge in [-0.2, -0.15) is 5.10 Å². The van der Waals surface area contributed by atoms with Crippen molar-refractivity contribution in [3.63, 3.8) is 0 Å². The molecule has 0 spiro atoms. The van der Waals surface area contributed by atoms with Gasteiger partial charge in [-0.05, 0) is 42.3 Å². The number of nitrogens with two attached hydrogens (primary N) is 1. The van der Waals surface area contributed by atoms with Gasteiger partial charge in [-0.15, -0.1) is 0 Å². The van der Waals surface area contributed by atoms with Crippen LogP contribution in [-0.4, -0.2) is 11.7 Å². The fourth-order valence-corrected chi connectivity index (χ4v) is 1.87. The highest BCUT2D eigenvalue weighted by Crippen LogP contribution is 2.23. The van der Waals surface area contributed by atoms with Crippen molar-refractivity contribution in [2.45, 2.75) is 6.92 Å². The first-order valence-electron chi connectivity index (χ1n) is 6.14. The van der Waals surface area contributed by atoms with Crippen LogP contribution in [0.5, 0.6) is 0 Å². The molecule has 0 aromatic heterocycles. The molecule has 0 bridgehead atoms. The van der Waals surface area contributed by atoms with E-state index in [0.29, 0.717) is 22.1 Å². The van der Waals surface area contributed by atoms with Crippen LogP contribution in [0.1, 0.15) is 22.8 Å². The van der Waals surface area contributed by atoms with Crippen LogP contribution < -0.4 is 16.3 Å². The van der Waals surface area contributed by atoms with Gasteiger partial charge < -0.3 is 15.6 Å². The molecule has 0 radical (unpaired) electrons. The summed E-state index contributed by atoms with van der Waals surface area (Å²) in [5.74, 6) is -1.27. The maximum atomic E-state index is 10.8. The zero-order valence-electron chi connectivity index (χ0n) is 11.3. The normalized spacial score (nSPS) is 11.2. The summed E-state index contributed by atoms with van der Waals surface area (Å²) in [5, 5.41) is 15.4. The zero-order valence-corrected chi connectivity index (χ0v) is 12.0. The number of nitrogens with one attached hydrogen (secondary N) is 1. The van der Waals surface area contributed by atoms with Crippen LogP contribution in [-0.2, 0) is 0 Å². The van der Waals surface area contributed by atoms with Crippen LogP contribution in [0.15, 0.2) is 47.6 Å². The van der Waals surface area contributed by atoms with Gasteiger partial charge in [0.05, 0.1) is 22.4 Å². The third-order valence-electron chi connectivity index (χ3n) is 2.85. The maximum absolute atomic E-state index is 10.8. The maximum Gasteiger partial charge on any atom is 0.0754 e. The summed E-state index contributed by atoms with van der Waals surface area (Å²) in [5.41, 5.74) is 11.1. The fourth-order valence-electron chi connectivity index (χ4n) is 1.71. The Morgan fingerprint density at radius 3 is 2.67 bits per heavy atom. The standard InChI is InChI=1S/C15H14ClN3O2/c1-9(10-3-2-4-12(17)7-10)18-19-14-8-11(15(20)21)5-6-13(14)16/h2-8,19H,17H2,1H3,(H,20,21)/p-1/b18-9-. The SMILES string of the molecule is C/C(=N/Nc1cc(C(=O)[O-])ccc1Cl)c1cccc(N)c1. The number of hydrazone groups is 1. The van der Waals surface area contributed by atoms with Gasteiger partial charge in [0.25, 0.3) is 0 Å². The summed E-state index contributed by atoms with van der Waals surface area (Å²) < 4.78 is 0. The van der Waals surface area contributed by atoms with Crippen molar-refractivity contribution in [3.05, 3.63) is 58.6 Å². The molecule has 0 aliphatic carbocycles. The minimum atomic E-state index is -1.27. The molecule has 3 N–H and O–H groups in total. The van der Waals surface area contributed by atoms with E-state index in [1.807, 2.05) is 12.1 Å². The Morgan fingerprint density at radius 2 is 2.00 bits per heavy atom. The minimum Gasteiger partial charge on any atom is -0.545 e. The van der Waals surface area contributed by atoms with E-state index in [0.717, 1.165) is 5.56 Å². The number of benzene rings is 2. The molecule has 108 valence electrons. The monoisotopic (exact) mass is 302 g/mol. The molecule has 0 atom stereocenters. The molecule has 0 fully saturated rings. The highest BCUT2D eigenvalue weighted by atomic mass is 35.5. The van der Waals surface area contributed by atoms with E-state index < -0.39 is 5.97 Å². The van der Waals surface area contributed by atoms with Crippen LogP contribution >= 0.6 is 11.6 Å². The Hall–Kier alpha value is -2.53. The second kappa shape index (κ2) is 6.28. The smallest absolute Gasteiger partial charge is 0.0754 e. The van der Waals surface area contributed by atoms with Gasteiger partial charge >= 0.3 is 0 Å². The number of hydrogen-bond donors (Lipinski definition) is 2. The van der Waals surface area contributed by atoms with Crippen LogP contribution in [0.2, 0.25) is 5.02 Å². The minimum absolute atomic E-state index is 0.0266. The molecule has 2 aromatic carbocycles. The van der Waals surface area contributed by atoms with E-state index in [1.54, 1.807) is 19.1 Å². The van der Waals surface area contributed by atoms with Crippen LogP contribution in [0.25, 0.3) is 0 Å². The molecule has 0 saturated carbocycles. The number of anilines is 2. The van der Waals surface area contributed by atoms with Crippen molar-refractivity contribution >= 4 is 34.7 Å². The first-order valence-corrected chi connectivity index (χ1v) is 6.52. The highest BCUT2D eigenvalue weighted by molar-refractivity contribution is 6.33. The van der Waals surface area contributed by atoms with Gasteiger partial charge in [-0.3, -0.25) is 5.43 Å². The number of nitrogen functional groups attached to an aromatic ring is 1. The van der Waals surface area contributed by atoms with E-state index in [4.69, 9.17) is 17.3 Å². The molecule has 2 rings (SSSR count). The molecule has 0 amide bonds. The van der Waals surface area contributed by atoms with Crippen LogP contribution in [0.4, 0.5) is 11.4 Å². The van der Waals surface area contributed by atoms with Crippen molar-refractivity contribution in [2.75, 3.05) is 11.2 Å². The van der Waals surface area contributed by atoms with E-state index in [2.05, 4.69) is 10.5 Å². The molecule has 21 heavy (non-hydrogen) atoms. The molecule has 5 nitrogen and oxygen atoms in total. The van der Waals surface area contributed by atoms with Gasteiger partial charge in [-0.1, -0.05) is 29.8 Å². The molecular formula is C15H13ClN3O2-. The number of hydrogen-bond acceptors (Lipinski definition) is 5. The first-order chi connectivity index (χ1) is 9.97. The third kappa shape index (κ3) is 3.73. The lowest BCUT2D eigenvalue weighted by Crippen LogP contribution is -2.22. The number of carbonyl (C=O) groups is 1. The average molecular weight is 303 g/mol. The molecule has 0 unspecified atom stereocenters. The lowest BCUT2D eigenvalue weighted by atomic mass is 10.1. The van der Waals surface area contributed by atoms with Gasteiger partial charge in [0.1, 0.15) is 0 Å². The first kappa shape index (κ1) is 14.9. The summed E-state index contributed by atoms with van der Waals surface area (Å²) in [6.07, 6.45) is 0. The Labute approximate surface area is 127 Å². The van der Waals surface area contributed by atoms with Gasteiger partial charge in [0, 0.05) is 5.69 Å². The molecule has 0 saturated heterocycles. The summed E-state index contributed by atoms with van der Waals surface area (Å²) in [4.78, 5) is 10.8. The third-order valence-corrected chi connectivity index (χ3v) is 3.18. The van der Waals surface area contributed by atoms with Crippen molar-refractivity contribution in [1.82, 2.24) is 0 Å². The quantitative estimate of drug-likeness (QED) is 0.514. The number of aromatic carboxylic acids is 1. The predicted molar refractivity (Wildman–Crippen MR) is 82.5 cm³/mol. The van der Waals surface area contributed by atoms with Crippen LogP contribution in [0, 0.1) is 0 Å². The topological polar surface area (TPSA) is 90.5 Å². The number of carboxylic acids is 1. The Bertz CT molecular complexity index is 714. The van der Waals surface area contributed by atoms with Crippen molar-refractivity contribution in [2.24, 2.45) is 5.10 Å². The Morgan fingerprint density at radius 1 is 1.24 bits per heavy atom. The highest BCUT2D eigenvalue weighted by Gasteiger charge is 2.03. The van der Waals surface area contributed by atoms with Gasteiger partial charge in [0.2, 0.25) is 0 Å². The second-order valence-electron chi connectivity index (χ2n) is 4.42. The molecule has 6 heteroatoms. The molecule has 2 aromatic rings. The van der Waals surface area contributed by atoms with E-state index in [9.17, 15) is 9.90 Å². The lowest BCUT2D eigenvalue weighted by Gasteiger charge is -2.09.